The largest absolute Gasteiger partial charge is 0.456 e. The van der Waals surface area contributed by atoms with E-state index >= 15 is 0 Å². The van der Waals surface area contributed by atoms with Gasteiger partial charge in [-0.05, 0) is 113 Å². The molecule has 0 spiro atoms. The fourth-order valence-corrected chi connectivity index (χ4v) is 8.96. The van der Waals surface area contributed by atoms with Gasteiger partial charge in [-0.15, -0.1) is 0 Å². The normalized spacial score (nSPS) is 12.1. The predicted octanol–water partition coefficient (Wildman–Crippen LogP) is 15.2. The molecule has 262 valence electrons. The summed E-state index contributed by atoms with van der Waals surface area (Å²) in [4.78, 5) is 4.55. The number of para-hydroxylation sites is 4. The second kappa shape index (κ2) is 12.0. The van der Waals surface area contributed by atoms with Crippen molar-refractivity contribution in [1.82, 2.24) is 0 Å². The second-order valence-electron chi connectivity index (χ2n) is 14.5. The molecule has 11 aromatic rings. The molecule has 12 rings (SSSR count). The average Bonchev–Trinajstić information content (AvgIpc) is 3.65. The summed E-state index contributed by atoms with van der Waals surface area (Å²) in [7, 11) is 0. The van der Waals surface area contributed by atoms with Crippen LogP contribution in [0.5, 0.6) is 11.5 Å². The van der Waals surface area contributed by atoms with E-state index in [4.69, 9.17) is 9.15 Å². The Balaban J connectivity index is 1.06. The van der Waals surface area contributed by atoms with Crippen LogP contribution in [0.25, 0.3) is 65.4 Å². The second-order valence-corrected chi connectivity index (χ2v) is 14.5. The number of fused-ring (bicyclic) bond motifs is 7. The van der Waals surface area contributed by atoms with E-state index in [1.165, 1.54) is 27.1 Å². The Morgan fingerprint density at radius 2 is 0.893 bits per heavy atom. The number of hydrogen-bond donors (Lipinski definition) is 0. The smallest absolute Gasteiger partial charge is 0.143 e. The zero-order valence-electron chi connectivity index (χ0n) is 30.2. The maximum absolute atomic E-state index is 6.99. The van der Waals surface area contributed by atoms with Gasteiger partial charge in [0.1, 0.15) is 22.7 Å². The summed E-state index contributed by atoms with van der Waals surface area (Å²) < 4.78 is 13.9. The van der Waals surface area contributed by atoms with Crippen LogP contribution in [-0.4, -0.2) is 0 Å². The molecule has 4 nitrogen and oxygen atoms in total. The molecule has 0 aliphatic carbocycles. The summed E-state index contributed by atoms with van der Waals surface area (Å²) >= 11 is 0. The lowest BCUT2D eigenvalue weighted by Crippen LogP contribution is -2.10. The molecule has 0 amide bonds. The lowest BCUT2D eigenvalue weighted by molar-refractivity contribution is 0.487. The van der Waals surface area contributed by atoms with Crippen LogP contribution in [0.3, 0.4) is 0 Å². The number of anilines is 6. The van der Waals surface area contributed by atoms with E-state index in [-0.39, 0.29) is 0 Å². The van der Waals surface area contributed by atoms with E-state index in [0.717, 1.165) is 83.9 Å². The minimum absolute atomic E-state index is 0.840. The molecule has 0 radical (unpaired) electrons. The van der Waals surface area contributed by atoms with Gasteiger partial charge in [-0.1, -0.05) is 91.0 Å². The quantitative estimate of drug-likeness (QED) is 0.160. The van der Waals surface area contributed by atoms with Gasteiger partial charge in [-0.3, -0.25) is 0 Å². The van der Waals surface area contributed by atoms with Crippen LogP contribution in [0.15, 0.2) is 199 Å². The van der Waals surface area contributed by atoms with Gasteiger partial charge in [0.15, 0.2) is 0 Å². The van der Waals surface area contributed by atoms with Crippen LogP contribution in [0.2, 0.25) is 0 Å². The first-order valence-corrected chi connectivity index (χ1v) is 19.0. The Morgan fingerprint density at radius 3 is 1.52 bits per heavy atom. The Morgan fingerprint density at radius 1 is 0.321 bits per heavy atom. The molecular weight excluding hydrogens is 685 g/mol. The minimum atomic E-state index is 0.840. The van der Waals surface area contributed by atoms with Crippen LogP contribution in [-0.2, 0) is 0 Å². The molecule has 0 N–H and O–H groups in total. The van der Waals surface area contributed by atoms with Gasteiger partial charge in [-0.2, -0.15) is 0 Å². The van der Waals surface area contributed by atoms with Crippen molar-refractivity contribution in [3.8, 4) is 22.6 Å². The molecule has 1 aliphatic heterocycles. The highest BCUT2D eigenvalue weighted by molar-refractivity contribution is 6.38. The number of hydrogen-bond acceptors (Lipinski definition) is 4. The zero-order chi connectivity index (χ0) is 36.7. The first-order valence-electron chi connectivity index (χ1n) is 19.0. The summed E-state index contributed by atoms with van der Waals surface area (Å²) in [5.41, 5.74) is 10.4. The lowest BCUT2D eigenvalue weighted by atomic mass is 9.85. The molecule has 0 bridgehead atoms. The molecule has 0 atom stereocenters. The standard InChI is InChI=1S/C52H32N2O2/c1-5-15-34(16-6-1)53(35-17-7-2-8-18-35)38-24-26-40-44-30-33-14-13-23-42-48(33)51-43(28-29-45(50(44)51)55-46(40)31-38)52-49(42)41-27-25-39(32-47(41)56-52)54(36-19-9-3-10-20-36)37-21-11-4-12-22-37/h1-32H. The highest BCUT2D eigenvalue weighted by Gasteiger charge is 2.28. The Labute approximate surface area is 323 Å². The van der Waals surface area contributed by atoms with E-state index in [9.17, 15) is 0 Å². The van der Waals surface area contributed by atoms with Crippen molar-refractivity contribution < 1.29 is 9.15 Å². The van der Waals surface area contributed by atoms with Crippen molar-refractivity contribution in [3.05, 3.63) is 194 Å². The van der Waals surface area contributed by atoms with Crippen molar-refractivity contribution in [3.63, 3.8) is 0 Å². The number of ether oxygens (including phenoxy) is 1. The van der Waals surface area contributed by atoms with E-state index in [1.54, 1.807) is 0 Å². The van der Waals surface area contributed by atoms with Crippen LogP contribution in [0, 0.1) is 0 Å². The highest BCUT2D eigenvalue weighted by Crippen LogP contribution is 2.55. The SMILES string of the molecule is c1ccc(N(c2ccccc2)c2ccc3c(c2)Oc2ccc4c5oc6cc(N(c7ccccc7)c7ccccc7)ccc6c5c5cccc6cc-3c2c4c65)cc1. The van der Waals surface area contributed by atoms with Gasteiger partial charge >= 0.3 is 0 Å². The number of benzene rings is 10. The third kappa shape index (κ3) is 4.53. The average molecular weight is 717 g/mol. The molecule has 0 saturated heterocycles. The molecular formula is C52H32N2O2. The van der Waals surface area contributed by atoms with Gasteiger partial charge in [-0.25, -0.2) is 0 Å². The fraction of sp³-hybridized carbons (Fsp3) is 0. The van der Waals surface area contributed by atoms with Crippen LogP contribution < -0.4 is 14.5 Å². The van der Waals surface area contributed by atoms with Crippen molar-refractivity contribution in [2.24, 2.45) is 0 Å². The molecule has 2 heterocycles. The van der Waals surface area contributed by atoms with Crippen LogP contribution >= 0.6 is 0 Å². The van der Waals surface area contributed by atoms with Gasteiger partial charge in [0, 0.05) is 78.8 Å². The summed E-state index contributed by atoms with van der Waals surface area (Å²) in [6, 6.07) is 68.5. The summed E-state index contributed by atoms with van der Waals surface area (Å²) in [6.07, 6.45) is 0. The number of rotatable bonds is 6. The highest BCUT2D eigenvalue weighted by atomic mass is 16.5. The van der Waals surface area contributed by atoms with E-state index < -0.39 is 0 Å². The summed E-state index contributed by atoms with van der Waals surface area (Å²) in [6.45, 7) is 0. The van der Waals surface area contributed by atoms with Crippen molar-refractivity contribution >= 4 is 88.4 Å². The summed E-state index contributed by atoms with van der Waals surface area (Å²) in [5.74, 6) is 1.70. The first-order chi connectivity index (χ1) is 27.8. The molecule has 1 aliphatic rings. The van der Waals surface area contributed by atoms with Gasteiger partial charge < -0.3 is 19.0 Å². The third-order valence-electron chi connectivity index (χ3n) is 11.3. The Bertz CT molecular complexity index is 3190. The van der Waals surface area contributed by atoms with Crippen molar-refractivity contribution in [2.75, 3.05) is 9.80 Å². The van der Waals surface area contributed by atoms with E-state index in [0.29, 0.717) is 0 Å². The molecule has 0 fully saturated rings. The zero-order valence-corrected chi connectivity index (χ0v) is 30.2. The Hall–Kier alpha value is -7.56. The molecule has 1 aromatic heterocycles. The number of furan rings is 1. The Kier molecular flexibility index (Phi) is 6.60. The van der Waals surface area contributed by atoms with Gasteiger partial charge in [0.2, 0.25) is 0 Å². The van der Waals surface area contributed by atoms with Gasteiger partial charge in [0.25, 0.3) is 0 Å². The van der Waals surface area contributed by atoms with Crippen molar-refractivity contribution in [1.29, 1.82) is 0 Å². The maximum atomic E-state index is 6.99. The maximum Gasteiger partial charge on any atom is 0.143 e. The van der Waals surface area contributed by atoms with Gasteiger partial charge in [0.05, 0.1) is 0 Å². The molecule has 56 heavy (non-hydrogen) atoms. The topological polar surface area (TPSA) is 28.9 Å². The van der Waals surface area contributed by atoms with Crippen molar-refractivity contribution in [2.45, 2.75) is 0 Å². The van der Waals surface area contributed by atoms with Crippen LogP contribution in [0.4, 0.5) is 34.1 Å². The molecule has 10 aromatic carbocycles. The van der Waals surface area contributed by atoms with Crippen LogP contribution in [0.1, 0.15) is 0 Å². The lowest BCUT2D eigenvalue weighted by Gasteiger charge is -2.28. The van der Waals surface area contributed by atoms with E-state index in [2.05, 4.69) is 204 Å². The minimum Gasteiger partial charge on any atom is -0.456 e. The molecule has 0 unspecified atom stereocenters. The number of nitrogens with zero attached hydrogens (tertiary/aromatic N) is 2. The molecule has 4 heteroatoms. The van der Waals surface area contributed by atoms with E-state index in [1.807, 2.05) is 0 Å². The fourth-order valence-electron chi connectivity index (χ4n) is 8.96. The third-order valence-corrected chi connectivity index (χ3v) is 11.3. The predicted molar refractivity (Wildman–Crippen MR) is 232 cm³/mol. The monoisotopic (exact) mass is 716 g/mol. The molecule has 0 saturated carbocycles. The first kappa shape index (κ1) is 30.9. The summed E-state index contributed by atoms with van der Waals surface area (Å²) in [5, 5.41) is 9.26.